The lowest BCUT2D eigenvalue weighted by Crippen LogP contribution is -2.51. The number of amides is 2. The molecule has 0 fully saturated rings. The van der Waals surface area contributed by atoms with E-state index in [0.29, 0.717) is 6.42 Å². The normalized spacial score (nSPS) is 12.0. The molecule has 0 heterocycles. The van der Waals surface area contributed by atoms with Crippen LogP contribution in [-0.2, 0) is 26.2 Å². The number of benzene rings is 3. The van der Waals surface area contributed by atoms with Gasteiger partial charge < -0.3 is 10.2 Å². The van der Waals surface area contributed by atoms with Crippen LogP contribution in [0.3, 0.4) is 0 Å². The number of nitrogens with zero attached hydrogens (tertiary/aromatic N) is 2. The highest BCUT2D eigenvalue weighted by atomic mass is 32.2. The summed E-state index contributed by atoms with van der Waals surface area (Å²) < 4.78 is 42.1. The fraction of sp³-hybridized carbons (Fsp3) is 0.286. The third-order valence-corrected chi connectivity index (χ3v) is 8.02. The Kier molecular flexibility index (Phi) is 9.04. The number of sulfonamides is 1. The maximum absolute atomic E-state index is 13.8. The molecule has 0 aliphatic rings. The van der Waals surface area contributed by atoms with Crippen LogP contribution < -0.4 is 9.62 Å². The number of hydrogen-bond acceptors (Lipinski definition) is 4. The summed E-state index contributed by atoms with van der Waals surface area (Å²) in [6.07, 6.45) is 0.332. The predicted octanol–water partition coefficient (Wildman–Crippen LogP) is 4.19. The molecule has 196 valence electrons. The van der Waals surface area contributed by atoms with Crippen molar-refractivity contribution in [2.45, 2.75) is 44.7 Å². The van der Waals surface area contributed by atoms with Crippen LogP contribution in [-0.4, -0.2) is 44.8 Å². The molecule has 1 atom stereocenters. The highest BCUT2D eigenvalue weighted by Crippen LogP contribution is 2.25. The van der Waals surface area contributed by atoms with Gasteiger partial charge in [0.05, 0.1) is 10.6 Å². The van der Waals surface area contributed by atoms with Crippen LogP contribution in [0, 0.1) is 19.7 Å². The van der Waals surface area contributed by atoms with Gasteiger partial charge in [-0.3, -0.25) is 13.9 Å². The van der Waals surface area contributed by atoms with E-state index in [2.05, 4.69) is 5.32 Å². The minimum absolute atomic E-state index is 0.000906. The van der Waals surface area contributed by atoms with Crippen molar-refractivity contribution in [1.82, 2.24) is 10.2 Å². The summed E-state index contributed by atoms with van der Waals surface area (Å²) in [7, 11) is -2.69. The zero-order valence-electron chi connectivity index (χ0n) is 21.4. The van der Waals surface area contributed by atoms with E-state index in [1.165, 1.54) is 36.2 Å². The number of likely N-dealkylation sites (N-methyl/N-ethyl adjacent to an activating group) is 1. The molecule has 1 N–H and O–H groups in total. The SMILES string of the molecule is CC[C@@H](C(=O)NC)N(Cc1ccccc1C)C(=O)CN(c1ccc(F)cc1)S(=O)(=O)c1ccc(C)cc1. The zero-order valence-corrected chi connectivity index (χ0v) is 22.3. The first-order valence-electron chi connectivity index (χ1n) is 12.0. The van der Waals surface area contributed by atoms with Crippen molar-refractivity contribution in [1.29, 1.82) is 0 Å². The molecule has 0 radical (unpaired) electrons. The fourth-order valence-electron chi connectivity index (χ4n) is 4.03. The first-order chi connectivity index (χ1) is 17.6. The second-order valence-corrected chi connectivity index (χ2v) is 10.6. The van der Waals surface area contributed by atoms with Crippen LogP contribution >= 0.6 is 0 Å². The Morgan fingerprint density at radius 1 is 0.946 bits per heavy atom. The molecule has 2 amide bonds. The molecule has 0 aromatic heterocycles. The summed E-state index contributed by atoms with van der Waals surface area (Å²) in [5, 5.41) is 2.60. The van der Waals surface area contributed by atoms with Crippen LogP contribution in [0.1, 0.15) is 30.0 Å². The number of anilines is 1. The monoisotopic (exact) mass is 525 g/mol. The molecule has 3 rings (SSSR count). The number of carbonyl (C=O) groups is 2. The molecule has 0 bridgehead atoms. The first-order valence-corrected chi connectivity index (χ1v) is 13.4. The molecule has 3 aromatic carbocycles. The van der Waals surface area contributed by atoms with Gasteiger partial charge in [-0.05, 0) is 67.8 Å². The minimum Gasteiger partial charge on any atom is -0.357 e. The van der Waals surface area contributed by atoms with Crippen LogP contribution in [0.15, 0.2) is 77.7 Å². The molecule has 37 heavy (non-hydrogen) atoms. The van der Waals surface area contributed by atoms with E-state index < -0.39 is 34.3 Å². The molecule has 0 spiro atoms. The van der Waals surface area contributed by atoms with Gasteiger partial charge in [0.2, 0.25) is 11.8 Å². The van der Waals surface area contributed by atoms with E-state index in [1.807, 2.05) is 38.1 Å². The first kappa shape index (κ1) is 27.9. The smallest absolute Gasteiger partial charge is 0.264 e. The number of hydrogen-bond donors (Lipinski definition) is 1. The number of nitrogens with one attached hydrogen (secondary N) is 1. The summed E-state index contributed by atoms with van der Waals surface area (Å²) in [5.41, 5.74) is 2.80. The number of halogens is 1. The molecule has 0 saturated carbocycles. The van der Waals surface area contributed by atoms with Crippen LogP contribution in [0.5, 0.6) is 0 Å². The molecule has 3 aromatic rings. The van der Waals surface area contributed by atoms with Crippen molar-refractivity contribution >= 4 is 27.5 Å². The Hall–Kier alpha value is -3.72. The zero-order chi connectivity index (χ0) is 27.2. The average Bonchev–Trinajstić information content (AvgIpc) is 2.88. The maximum atomic E-state index is 13.8. The van der Waals surface area contributed by atoms with Gasteiger partial charge in [0.25, 0.3) is 10.0 Å². The molecular weight excluding hydrogens is 493 g/mol. The predicted molar refractivity (Wildman–Crippen MR) is 142 cm³/mol. The standard InChI is InChI=1S/C28H32FN3O4S/c1-5-26(28(34)30-4)31(18-22-9-7-6-8-21(22)3)27(33)19-32(24-14-12-23(29)13-15-24)37(35,36)25-16-10-20(2)11-17-25/h6-17,26H,5,18-19H2,1-4H3,(H,30,34)/t26-/m0/s1. The largest absolute Gasteiger partial charge is 0.357 e. The van der Waals surface area contributed by atoms with Gasteiger partial charge in [0.1, 0.15) is 18.4 Å². The van der Waals surface area contributed by atoms with E-state index in [-0.39, 0.29) is 23.0 Å². The lowest BCUT2D eigenvalue weighted by atomic mass is 10.1. The van der Waals surface area contributed by atoms with Crippen molar-refractivity contribution in [3.63, 3.8) is 0 Å². The third kappa shape index (κ3) is 6.54. The van der Waals surface area contributed by atoms with Gasteiger partial charge in [-0.1, -0.05) is 48.9 Å². The van der Waals surface area contributed by atoms with E-state index in [1.54, 1.807) is 19.1 Å². The number of carbonyl (C=O) groups excluding carboxylic acids is 2. The van der Waals surface area contributed by atoms with Gasteiger partial charge in [0, 0.05) is 13.6 Å². The van der Waals surface area contributed by atoms with Crippen LogP contribution in [0.4, 0.5) is 10.1 Å². The Bertz CT molecular complexity index is 1340. The minimum atomic E-state index is -4.19. The summed E-state index contributed by atoms with van der Waals surface area (Å²) in [4.78, 5) is 28.0. The maximum Gasteiger partial charge on any atom is 0.264 e. The fourth-order valence-corrected chi connectivity index (χ4v) is 5.44. The van der Waals surface area contributed by atoms with Gasteiger partial charge in [-0.2, -0.15) is 0 Å². The highest BCUT2D eigenvalue weighted by Gasteiger charge is 2.33. The van der Waals surface area contributed by atoms with Gasteiger partial charge in [0.15, 0.2) is 0 Å². The van der Waals surface area contributed by atoms with Gasteiger partial charge in [-0.25, -0.2) is 12.8 Å². The Labute approximate surface area is 218 Å². The Morgan fingerprint density at radius 3 is 2.14 bits per heavy atom. The second kappa shape index (κ2) is 12.0. The third-order valence-electron chi connectivity index (χ3n) is 6.24. The summed E-state index contributed by atoms with van der Waals surface area (Å²) >= 11 is 0. The van der Waals surface area contributed by atoms with Crippen molar-refractivity contribution in [3.8, 4) is 0 Å². The quantitative estimate of drug-likeness (QED) is 0.430. The molecule has 0 unspecified atom stereocenters. The van der Waals surface area contributed by atoms with E-state index >= 15 is 0 Å². The van der Waals surface area contributed by atoms with Crippen LogP contribution in [0.25, 0.3) is 0 Å². The Balaban J connectivity index is 2.06. The molecule has 0 saturated heterocycles. The second-order valence-electron chi connectivity index (χ2n) is 8.79. The average molecular weight is 526 g/mol. The summed E-state index contributed by atoms with van der Waals surface area (Å²) in [6.45, 7) is 5.09. The topological polar surface area (TPSA) is 86.8 Å². The number of aryl methyl sites for hydroxylation is 2. The van der Waals surface area contributed by atoms with E-state index in [0.717, 1.165) is 33.1 Å². The van der Waals surface area contributed by atoms with Crippen molar-refractivity contribution in [3.05, 3.63) is 95.3 Å². The van der Waals surface area contributed by atoms with E-state index in [4.69, 9.17) is 0 Å². The van der Waals surface area contributed by atoms with Crippen molar-refractivity contribution in [2.24, 2.45) is 0 Å². The molecule has 0 aliphatic carbocycles. The molecule has 7 nitrogen and oxygen atoms in total. The van der Waals surface area contributed by atoms with Gasteiger partial charge >= 0.3 is 0 Å². The Morgan fingerprint density at radius 2 is 1.57 bits per heavy atom. The molecular formula is C28H32FN3O4S. The van der Waals surface area contributed by atoms with Crippen molar-refractivity contribution < 1.29 is 22.4 Å². The number of rotatable bonds is 10. The molecule has 9 heteroatoms. The van der Waals surface area contributed by atoms with Gasteiger partial charge in [-0.15, -0.1) is 0 Å². The van der Waals surface area contributed by atoms with Crippen molar-refractivity contribution in [2.75, 3.05) is 17.9 Å². The lowest BCUT2D eigenvalue weighted by Gasteiger charge is -2.33. The summed E-state index contributed by atoms with van der Waals surface area (Å²) in [5.74, 6) is -1.44. The highest BCUT2D eigenvalue weighted by molar-refractivity contribution is 7.92. The molecule has 0 aliphatic heterocycles. The lowest BCUT2D eigenvalue weighted by molar-refractivity contribution is -0.140. The van der Waals surface area contributed by atoms with E-state index in [9.17, 15) is 22.4 Å². The van der Waals surface area contributed by atoms with Crippen LogP contribution in [0.2, 0.25) is 0 Å². The summed E-state index contributed by atoms with van der Waals surface area (Å²) in [6, 6.07) is 17.9.